The maximum absolute atomic E-state index is 13.0. The monoisotopic (exact) mass is 349 g/mol. The Balaban J connectivity index is 1.55. The second-order valence-electron chi connectivity index (χ2n) is 7.62. The second kappa shape index (κ2) is 5.71. The summed E-state index contributed by atoms with van der Waals surface area (Å²) in [4.78, 5) is 53.7. The van der Waals surface area contributed by atoms with Crippen LogP contribution < -0.4 is 0 Å². The summed E-state index contributed by atoms with van der Waals surface area (Å²) < 4.78 is 0. The maximum Gasteiger partial charge on any atom is 0.407 e. The molecule has 0 radical (unpaired) electrons. The summed E-state index contributed by atoms with van der Waals surface area (Å²) in [6.07, 6.45) is 2.38. The Hall–Kier alpha value is -2.12. The van der Waals surface area contributed by atoms with E-state index in [0.717, 1.165) is 12.8 Å². The van der Waals surface area contributed by atoms with Gasteiger partial charge in [0.1, 0.15) is 6.04 Å². The zero-order valence-electron chi connectivity index (χ0n) is 14.3. The van der Waals surface area contributed by atoms with Crippen LogP contribution in [0.5, 0.6) is 0 Å². The molecule has 8 nitrogen and oxygen atoms in total. The summed E-state index contributed by atoms with van der Waals surface area (Å²) in [7, 11) is 0. The lowest BCUT2D eigenvalue weighted by atomic mass is 10.0. The van der Waals surface area contributed by atoms with Gasteiger partial charge >= 0.3 is 6.09 Å². The summed E-state index contributed by atoms with van der Waals surface area (Å²) in [5, 5.41) is 9.29. The Morgan fingerprint density at radius 2 is 1.72 bits per heavy atom. The number of hydrogen-bond acceptors (Lipinski definition) is 4. The summed E-state index contributed by atoms with van der Waals surface area (Å²) in [5.41, 5.74) is 0. The van der Waals surface area contributed by atoms with Gasteiger partial charge in [0.05, 0.1) is 18.0 Å². The van der Waals surface area contributed by atoms with Crippen molar-refractivity contribution in [3.05, 3.63) is 0 Å². The van der Waals surface area contributed by atoms with E-state index in [1.807, 2.05) is 0 Å². The quantitative estimate of drug-likeness (QED) is 0.733. The van der Waals surface area contributed by atoms with Crippen LogP contribution in [0, 0.1) is 11.8 Å². The lowest BCUT2D eigenvalue weighted by Crippen LogP contribution is -2.51. The number of nitrogens with zero attached hydrogens (tertiary/aromatic N) is 3. The van der Waals surface area contributed by atoms with Crippen molar-refractivity contribution in [3.63, 3.8) is 0 Å². The van der Waals surface area contributed by atoms with E-state index >= 15 is 0 Å². The van der Waals surface area contributed by atoms with Crippen LogP contribution in [-0.4, -0.2) is 74.8 Å². The third-order valence-corrected chi connectivity index (χ3v) is 6.12. The molecular weight excluding hydrogens is 326 g/mol. The number of imide groups is 1. The molecule has 0 spiro atoms. The molecule has 3 aliphatic heterocycles. The van der Waals surface area contributed by atoms with Crippen LogP contribution in [-0.2, 0) is 14.4 Å². The van der Waals surface area contributed by atoms with Gasteiger partial charge in [0, 0.05) is 19.0 Å². The molecule has 0 aromatic rings. The highest BCUT2D eigenvalue weighted by molar-refractivity contribution is 6.01. The molecule has 4 aliphatic rings. The van der Waals surface area contributed by atoms with E-state index in [9.17, 15) is 24.3 Å². The van der Waals surface area contributed by atoms with E-state index in [-0.39, 0.29) is 35.7 Å². The number of amides is 4. The SMILES string of the molecule is C[C@@H]1C(=O)N(C(=O)C2CC2)[C@H]2CCN(C(=O)[C@@H]3CCCN3C(=O)O)[C@H]12. The molecule has 4 amide bonds. The molecule has 4 atom stereocenters. The molecule has 3 saturated heterocycles. The normalized spacial score (nSPS) is 34.6. The summed E-state index contributed by atoms with van der Waals surface area (Å²) in [6.45, 7) is 2.62. The summed E-state index contributed by atoms with van der Waals surface area (Å²) in [6, 6.07) is -1.23. The van der Waals surface area contributed by atoms with Gasteiger partial charge in [-0.3, -0.25) is 24.2 Å². The number of carbonyl (C=O) groups excluding carboxylic acids is 3. The molecule has 0 bridgehead atoms. The van der Waals surface area contributed by atoms with Crippen LogP contribution in [0.3, 0.4) is 0 Å². The zero-order chi connectivity index (χ0) is 17.9. The van der Waals surface area contributed by atoms with Crippen LogP contribution >= 0.6 is 0 Å². The molecule has 0 unspecified atom stereocenters. The van der Waals surface area contributed by atoms with Crippen LogP contribution in [0.25, 0.3) is 0 Å². The largest absolute Gasteiger partial charge is 0.465 e. The summed E-state index contributed by atoms with van der Waals surface area (Å²) >= 11 is 0. The molecular formula is C17H23N3O5. The molecule has 4 rings (SSSR count). The molecule has 3 heterocycles. The molecule has 4 fully saturated rings. The smallest absolute Gasteiger partial charge is 0.407 e. The van der Waals surface area contributed by atoms with E-state index in [1.54, 1.807) is 11.8 Å². The lowest BCUT2D eigenvalue weighted by Gasteiger charge is -2.31. The van der Waals surface area contributed by atoms with Crippen molar-refractivity contribution in [1.82, 2.24) is 14.7 Å². The third kappa shape index (κ3) is 2.41. The van der Waals surface area contributed by atoms with Crippen LogP contribution in [0.2, 0.25) is 0 Å². The zero-order valence-corrected chi connectivity index (χ0v) is 14.3. The highest BCUT2D eigenvalue weighted by Gasteiger charge is 2.57. The Morgan fingerprint density at radius 1 is 1.00 bits per heavy atom. The molecule has 1 N–H and O–H groups in total. The first kappa shape index (κ1) is 16.4. The molecule has 0 aromatic carbocycles. The average Bonchev–Trinajstić information content (AvgIpc) is 3.06. The van der Waals surface area contributed by atoms with Crippen LogP contribution in [0.1, 0.15) is 39.0 Å². The Labute approximate surface area is 145 Å². The fraction of sp³-hybridized carbons (Fsp3) is 0.765. The maximum atomic E-state index is 13.0. The van der Waals surface area contributed by atoms with Gasteiger partial charge in [0.25, 0.3) is 0 Å². The summed E-state index contributed by atoms with van der Waals surface area (Å²) in [5.74, 6) is -0.943. The lowest BCUT2D eigenvalue weighted by molar-refractivity contribution is -0.146. The molecule has 8 heteroatoms. The Bertz CT molecular complexity index is 646. The minimum absolute atomic E-state index is 0.0306. The van der Waals surface area contributed by atoms with Gasteiger partial charge in [0.15, 0.2) is 0 Å². The van der Waals surface area contributed by atoms with E-state index in [0.29, 0.717) is 32.4 Å². The van der Waals surface area contributed by atoms with Crippen molar-refractivity contribution in [3.8, 4) is 0 Å². The molecule has 25 heavy (non-hydrogen) atoms. The van der Waals surface area contributed by atoms with Gasteiger partial charge in [0.2, 0.25) is 17.7 Å². The number of rotatable bonds is 2. The first-order valence-corrected chi connectivity index (χ1v) is 9.08. The average molecular weight is 349 g/mol. The number of carbonyl (C=O) groups is 4. The fourth-order valence-electron chi connectivity index (χ4n) is 4.71. The Morgan fingerprint density at radius 3 is 2.36 bits per heavy atom. The van der Waals surface area contributed by atoms with Gasteiger partial charge in [-0.15, -0.1) is 0 Å². The van der Waals surface area contributed by atoms with E-state index in [4.69, 9.17) is 0 Å². The number of hydrogen-bond donors (Lipinski definition) is 1. The highest BCUT2D eigenvalue weighted by atomic mass is 16.4. The van der Waals surface area contributed by atoms with Gasteiger partial charge < -0.3 is 10.0 Å². The fourth-order valence-corrected chi connectivity index (χ4v) is 4.71. The van der Waals surface area contributed by atoms with Crippen molar-refractivity contribution >= 4 is 23.8 Å². The second-order valence-corrected chi connectivity index (χ2v) is 7.62. The van der Waals surface area contributed by atoms with E-state index in [1.165, 1.54) is 9.80 Å². The predicted molar refractivity (Wildman–Crippen MR) is 85.4 cm³/mol. The number of carboxylic acid groups (broad SMARTS) is 1. The minimum atomic E-state index is -1.08. The topological polar surface area (TPSA) is 98.2 Å². The first-order valence-electron chi connectivity index (χ1n) is 9.08. The van der Waals surface area contributed by atoms with E-state index < -0.39 is 18.1 Å². The van der Waals surface area contributed by atoms with Crippen LogP contribution in [0.4, 0.5) is 4.79 Å². The van der Waals surface area contributed by atoms with Gasteiger partial charge in [-0.2, -0.15) is 0 Å². The minimum Gasteiger partial charge on any atom is -0.465 e. The first-order chi connectivity index (χ1) is 11.9. The Kier molecular flexibility index (Phi) is 3.73. The molecule has 0 aromatic heterocycles. The van der Waals surface area contributed by atoms with Crippen molar-refractivity contribution in [2.75, 3.05) is 13.1 Å². The number of likely N-dealkylation sites (tertiary alicyclic amines) is 3. The predicted octanol–water partition coefficient (Wildman–Crippen LogP) is 0.513. The highest BCUT2D eigenvalue weighted by Crippen LogP contribution is 2.41. The van der Waals surface area contributed by atoms with Crippen LogP contribution in [0.15, 0.2) is 0 Å². The van der Waals surface area contributed by atoms with Gasteiger partial charge in [-0.25, -0.2) is 4.79 Å². The van der Waals surface area contributed by atoms with Crippen molar-refractivity contribution in [2.24, 2.45) is 11.8 Å². The van der Waals surface area contributed by atoms with Gasteiger partial charge in [-0.1, -0.05) is 6.92 Å². The molecule has 1 aliphatic carbocycles. The van der Waals surface area contributed by atoms with Gasteiger partial charge in [-0.05, 0) is 32.1 Å². The third-order valence-electron chi connectivity index (χ3n) is 6.12. The standard InChI is InChI=1S/C17H23N3O5/c1-9-13-11(20(14(9)21)15(22)10-4-5-10)6-8-19(13)16(23)12-3-2-7-18(12)17(24)25/h9-13H,2-8H2,1H3,(H,24,25)/t9-,11-,12-,13+/m0/s1. The molecule has 1 saturated carbocycles. The molecule has 136 valence electrons. The van der Waals surface area contributed by atoms with Crippen molar-refractivity contribution in [1.29, 1.82) is 0 Å². The van der Waals surface area contributed by atoms with Crippen molar-refractivity contribution < 1.29 is 24.3 Å². The number of fused-ring (bicyclic) bond motifs is 1. The van der Waals surface area contributed by atoms with E-state index in [2.05, 4.69) is 0 Å². The van der Waals surface area contributed by atoms with Crippen molar-refractivity contribution in [2.45, 2.75) is 57.2 Å².